The summed E-state index contributed by atoms with van der Waals surface area (Å²) in [5.41, 5.74) is 6.18. The summed E-state index contributed by atoms with van der Waals surface area (Å²) in [7, 11) is -4.81. The summed E-state index contributed by atoms with van der Waals surface area (Å²) in [6.45, 7) is 17.1. The zero-order valence-electron chi connectivity index (χ0n) is 22.6. The van der Waals surface area contributed by atoms with Crippen LogP contribution < -0.4 is 10.1 Å². The third-order valence-electron chi connectivity index (χ3n) is 6.38. The van der Waals surface area contributed by atoms with Crippen LogP contribution >= 0.6 is 7.60 Å². The average Bonchev–Trinajstić information content (AvgIpc) is 3.16. The number of allylic oxidation sites excluding steroid dienone is 1. The molecule has 0 aromatic heterocycles. The molecule has 1 aliphatic heterocycles. The van der Waals surface area contributed by atoms with E-state index in [9.17, 15) is 14.3 Å². The van der Waals surface area contributed by atoms with E-state index in [0.717, 1.165) is 35.6 Å². The minimum absolute atomic E-state index is 0.0824. The molecule has 7 nitrogen and oxygen atoms in total. The number of cyclic esters (lactones) is 1. The SMILES string of the molecule is CCOP(=O)(O)CCNC/C(=C/Cc1c(CC)c(C)c2c(c1OCC[Si](C)(C)C)C(=O)OC2)CC. The van der Waals surface area contributed by atoms with E-state index in [4.69, 9.17) is 14.0 Å². The smallest absolute Gasteiger partial charge is 0.342 e. The summed E-state index contributed by atoms with van der Waals surface area (Å²) in [4.78, 5) is 22.4. The van der Waals surface area contributed by atoms with E-state index in [1.165, 1.54) is 11.1 Å². The number of nitrogens with one attached hydrogen (secondary N) is 1. The Bertz CT molecular complexity index is 970. The van der Waals surface area contributed by atoms with Crippen molar-refractivity contribution in [2.24, 2.45) is 0 Å². The Morgan fingerprint density at radius 1 is 1.23 bits per heavy atom. The standard InChI is InChI=1S/C26H44NO6PSi/c1-8-20(17-27-13-15-34(29,30)33-10-3)11-12-22-21(9-2)19(4)23-18-32-26(28)24(23)25(22)31-14-16-35(5,6)7/h11,27H,8-10,12-18H2,1-7H3,(H,29,30)/b20-11+. The number of rotatable bonds is 15. The number of hydrogen-bond acceptors (Lipinski definition) is 6. The highest BCUT2D eigenvalue weighted by Gasteiger charge is 2.32. The predicted molar refractivity (Wildman–Crippen MR) is 145 cm³/mol. The predicted octanol–water partition coefficient (Wildman–Crippen LogP) is 5.64. The Kier molecular flexibility index (Phi) is 11.2. The molecule has 0 amide bonds. The Hall–Kier alpha value is -1.44. The molecule has 0 aliphatic carbocycles. The van der Waals surface area contributed by atoms with Gasteiger partial charge in [0.1, 0.15) is 17.9 Å². The quantitative estimate of drug-likeness (QED) is 0.101. The fourth-order valence-corrected chi connectivity index (χ4v) is 5.95. The summed E-state index contributed by atoms with van der Waals surface area (Å²) in [6, 6.07) is 1.02. The highest BCUT2D eigenvalue weighted by Crippen LogP contribution is 2.41. The summed E-state index contributed by atoms with van der Waals surface area (Å²) >= 11 is 0. The van der Waals surface area contributed by atoms with E-state index < -0.39 is 15.7 Å². The van der Waals surface area contributed by atoms with Crippen LogP contribution in [-0.2, 0) is 33.3 Å². The van der Waals surface area contributed by atoms with Crippen LogP contribution in [0.15, 0.2) is 11.6 Å². The number of esters is 1. The third kappa shape index (κ3) is 8.57. The lowest BCUT2D eigenvalue weighted by Gasteiger charge is -2.22. The molecular weight excluding hydrogens is 481 g/mol. The monoisotopic (exact) mass is 525 g/mol. The molecule has 0 saturated carbocycles. The van der Waals surface area contributed by atoms with Crippen molar-refractivity contribution in [3.05, 3.63) is 39.5 Å². The van der Waals surface area contributed by atoms with E-state index in [1.54, 1.807) is 6.92 Å². The van der Waals surface area contributed by atoms with Crippen LogP contribution in [0.2, 0.25) is 25.7 Å². The van der Waals surface area contributed by atoms with Crippen LogP contribution in [0.1, 0.15) is 59.8 Å². The Morgan fingerprint density at radius 3 is 2.54 bits per heavy atom. The fraction of sp³-hybridized carbons (Fsp3) is 0.654. The molecule has 1 unspecified atom stereocenters. The van der Waals surface area contributed by atoms with E-state index >= 15 is 0 Å². The van der Waals surface area contributed by atoms with Crippen molar-refractivity contribution in [3.8, 4) is 5.75 Å². The molecule has 1 aromatic rings. The first-order valence-electron chi connectivity index (χ1n) is 12.8. The fourth-order valence-electron chi connectivity index (χ4n) is 4.26. The molecular formula is C26H44NO6PSi. The Morgan fingerprint density at radius 2 is 1.94 bits per heavy atom. The molecule has 9 heteroatoms. The van der Waals surface area contributed by atoms with Crippen molar-refractivity contribution in [3.63, 3.8) is 0 Å². The van der Waals surface area contributed by atoms with Crippen molar-refractivity contribution in [2.75, 3.05) is 32.5 Å². The van der Waals surface area contributed by atoms with Crippen LogP contribution in [0.4, 0.5) is 0 Å². The van der Waals surface area contributed by atoms with Crippen molar-refractivity contribution in [1.82, 2.24) is 5.32 Å². The molecule has 0 radical (unpaired) electrons. The first-order valence-corrected chi connectivity index (χ1v) is 18.2. The minimum Gasteiger partial charge on any atom is -0.493 e. The Labute approximate surface area is 212 Å². The largest absolute Gasteiger partial charge is 0.493 e. The molecule has 2 N–H and O–H groups in total. The van der Waals surface area contributed by atoms with Crippen molar-refractivity contribution in [1.29, 1.82) is 0 Å². The van der Waals surface area contributed by atoms with Gasteiger partial charge in [-0.2, -0.15) is 0 Å². The molecule has 0 spiro atoms. The zero-order valence-corrected chi connectivity index (χ0v) is 24.5. The van der Waals surface area contributed by atoms with Crippen molar-refractivity contribution in [2.45, 2.75) is 79.2 Å². The lowest BCUT2D eigenvalue weighted by Crippen LogP contribution is -2.23. The van der Waals surface area contributed by atoms with Crippen LogP contribution in [0.5, 0.6) is 5.75 Å². The second kappa shape index (κ2) is 13.2. The van der Waals surface area contributed by atoms with Crippen LogP contribution in [0.3, 0.4) is 0 Å². The number of ether oxygens (including phenoxy) is 2. The summed E-state index contributed by atoms with van der Waals surface area (Å²) in [5.74, 6) is 0.403. The first kappa shape index (κ1) is 29.8. The molecule has 0 bridgehead atoms. The number of carbonyl (C=O) groups is 1. The van der Waals surface area contributed by atoms with Gasteiger partial charge in [0.25, 0.3) is 0 Å². The van der Waals surface area contributed by atoms with Crippen molar-refractivity contribution >= 4 is 21.6 Å². The summed E-state index contributed by atoms with van der Waals surface area (Å²) < 4.78 is 28.6. The third-order valence-corrected chi connectivity index (χ3v) is 9.53. The highest BCUT2D eigenvalue weighted by atomic mass is 31.2. The van der Waals surface area contributed by atoms with Gasteiger partial charge in [0.15, 0.2) is 0 Å². The lowest BCUT2D eigenvalue weighted by atomic mass is 9.89. The van der Waals surface area contributed by atoms with Gasteiger partial charge in [-0.3, -0.25) is 4.57 Å². The molecule has 0 fully saturated rings. The second-order valence-corrected chi connectivity index (χ2v) is 17.8. The van der Waals surface area contributed by atoms with Gasteiger partial charge in [-0.05, 0) is 50.3 Å². The highest BCUT2D eigenvalue weighted by molar-refractivity contribution is 7.52. The number of hydrogen-bond donors (Lipinski definition) is 2. The van der Waals surface area contributed by atoms with Gasteiger partial charge in [-0.15, -0.1) is 0 Å². The molecule has 198 valence electrons. The van der Waals surface area contributed by atoms with Gasteiger partial charge in [-0.25, -0.2) is 4.79 Å². The molecule has 35 heavy (non-hydrogen) atoms. The first-order chi connectivity index (χ1) is 16.4. The molecule has 0 saturated heterocycles. The number of fused-ring (bicyclic) bond motifs is 1. The molecule has 1 heterocycles. The number of benzene rings is 1. The minimum atomic E-state index is -3.52. The van der Waals surface area contributed by atoms with Crippen LogP contribution in [0.25, 0.3) is 0 Å². The number of carbonyl (C=O) groups excluding carboxylic acids is 1. The Balaban J connectivity index is 2.27. The van der Waals surface area contributed by atoms with E-state index in [-0.39, 0.29) is 18.7 Å². The van der Waals surface area contributed by atoms with E-state index in [0.29, 0.717) is 44.0 Å². The van der Waals surface area contributed by atoms with Gasteiger partial charge in [0.2, 0.25) is 0 Å². The maximum atomic E-state index is 12.7. The molecule has 1 atom stereocenters. The summed E-state index contributed by atoms with van der Waals surface area (Å²) in [5, 5.41) is 3.26. The van der Waals surface area contributed by atoms with E-state index in [1.807, 2.05) is 0 Å². The van der Waals surface area contributed by atoms with Gasteiger partial charge in [0.05, 0.1) is 19.4 Å². The van der Waals surface area contributed by atoms with Crippen molar-refractivity contribution < 1.29 is 28.3 Å². The second-order valence-electron chi connectivity index (χ2n) is 10.2. The van der Waals surface area contributed by atoms with E-state index in [2.05, 4.69) is 51.8 Å². The van der Waals surface area contributed by atoms with Gasteiger partial charge >= 0.3 is 13.6 Å². The van der Waals surface area contributed by atoms with Crippen LogP contribution in [0, 0.1) is 6.92 Å². The lowest BCUT2D eigenvalue weighted by molar-refractivity contribution is 0.0532. The van der Waals surface area contributed by atoms with Gasteiger partial charge in [0, 0.05) is 32.3 Å². The van der Waals surface area contributed by atoms with Gasteiger partial charge < -0.3 is 24.2 Å². The molecule has 1 aromatic carbocycles. The normalized spacial score (nSPS) is 15.7. The zero-order chi connectivity index (χ0) is 26.2. The van der Waals surface area contributed by atoms with Gasteiger partial charge in [-0.1, -0.05) is 45.1 Å². The maximum absolute atomic E-state index is 12.7. The average molecular weight is 526 g/mol. The van der Waals surface area contributed by atoms with Crippen LogP contribution in [-0.4, -0.2) is 51.4 Å². The maximum Gasteiger partial charge on any atom is 0.342 e. The molecule has 2 rings (SSSR count). The molecule has 1 aliphatic rings. The summed E-state index contributed by atoms with van der Waals surface area (Å²) in [6.07, 6.45) is 4.65. The topological polar surface area (TPSA) is 94.1 Å².